The molecule has 1 N–H and O–H groups in total. The van der Waals surface area contributed by atoms with Crippen molar-refractivity contribution in [3.63, 3.8) is 0 Å². The number of nitrogens with one attached hydrogen (secondary N) is 1. The third-order valence-corrected chi connectivity index (χ3v) is 4.96. The smallest absolute Gasteiger partial charge is 0.298 e. The molecule has 0 fully saturated rings. The molecular weight excluding hydrogens is 395 g/mol. The Morgan fingerprint density at radius 1 is 0.857 bits per heavy atom. The third kappa shape index (κ3) is 3.40. The van der Waals surface area contributed by atoms with E-state index >= 15 is 0 Å². The van der Waals surface area contributed by atoms with Gasteiger partial charge in [-0.15, -0.1) is 0 Å². The number of para-hydroxylation sites is 1. The normalized spacial score (nSPS) is 10.8. The molecule has 2 aromatic carbocycles. The molecule has 0 atom stereocenters. The lowest BCUT2D eigenvalue weighted by Crippen LogP contribution is -2.24. The van der Waals surface area contributed by atoms with Crippen LogP contribution in [0.25, 0.3) is 16.6 Å². The van der Waals surface area contributed by atoms with E-state index in [0.29, 0.717) is 21.3 Å². The number of carbonyl (C=O) groups is 2. The van der Waals surface area contributed by atoms with E-state index in [0.717, 1.165) is 11.1 Å². The highest BCUT2D eigenvalue weighted by molar-refractivity contribution is 6.48. The minimum absolute atomic E-state index is 0.280. The third-order valence-electron chi connectivity index (χ3n) is 4.38. The van der Waals surface area contributed by atoms with Crippen molar-refractivity contribution >= 4 is 46.1 Å². The molecule has 0 aliphatic carbocycles. The molecule has 0 bridgehead atoms. The van der Waals surface area contributed by atoms with Crippen molar-refractivity contribution in [3.05, 3.63) is 94.7 Å². The average Bonchev–Trinajstić information content (AvgIpc) is 3.09. The van der Waals surface area contributed by atoms with E-state index in [1.54, 1.807) is 53.1 Å². The van der Waals surface area contributed by atoms with Gasteiger partial charge in [-0.25, -0.2) is 0 Å². The number of hydrogen-bond acceptors (Lipinski definition) is 2. The molecule has 138 valence electrons. The molecule has 4 nitrogen and oxygen atoms in total. The van der Waals surface area contributed by atoms with Crippen LogP contribution in [0.2, 0.25) is 10.0 Å². The van der Waals surface area contributed by atoms with E-state index in [-0.39, 0.29) is 5.69 Å². The summed E-state index contributed by atoms with van der Waals surface area (Å²) in [6, 6.07) is 21.3. The summed E-state index contributed by atoms with van der Waals surface area (Å²) in [6.07, 6.45) is 1.75. The summed E-state index contributed by atoms with van der Waals surface area (Å²) < 4.78 is 1.71. The van der Waals surface area contributed by atoms with Gasteiger partial charge in [-0.05, 0) is 48.0 Å². The van der Waals surface area contributed by atoms with E-state index in [1.807, 2.05) is 30.3 Å². The summed E-state index contributed by atoms with van der Waals surface area (Å²) in [4.78, 5) is 25.8. The minimum Gasteiger partial charge on any atom is -0.318 e. The minimum atomic E-state index is -0.757. The lowest BCUT2D eigenvalue weighted by Gasteiger charge is -2.09. The number of fused-ring (bicyclic) bond motifs is 1. The molecule has 4 rings (SSSR count). The predicted octanol–water partition coefficient (Wildman–Crippen LogP) is 5.73. The largest absolute Gasteiger partial charge is 0.318 e. The van der Waals surface area contributed by atoms with Gasteiger partial charge in [-0.3, -0.25) is 9.59 Å². The molecule has 0 saturated carbocycles. The molecule has 0 saturated heterocycles. The maximum absolute atomic E-state index is 13.1. The number of hydrogen-bond donors (Lipinski definition) is 1. The van der Waals surface area contributed by atoms with Gasteiger partial charge >= 0.3 is 0 Å². The van der Waals surface area contributed by atoms with Crippen molar-refractivity contribution in [2.24, 2.45) is 0 Å². The maximum atomic E-state index is 13.1. The van der Waals surface area contributed by atoms with Gasteiger partial charge in [-0.2, -0.15) is 0 Å². The molecule has 0 radical (unpaired) electrons. The fourth-order valence-electron chi connectivity index (χ4n) is 3.05. The molecule has 0 aliphatic heterocycles. The van der Waals surface area contributed by atoms with Crippen LogP contribution in [0.15, 0.2) is 79.0 Å². The van der Waals surface area contributed by atoms with Gasteiger partial charge in [0.1, 0.15) is 5.69 Å². The first-order chi connectivity index (χ1) is 13.5. The monoisotopic (exact) mass is 408 g/mol. The lowest BCUT2D eigenvalue weighted by atomic mass is 10.0. The highest BCUT2D eigenvalue weighted by atomic mass is 35.5. The summed E-state index contributed by atoms with van der Waals surface area (Å²) in [7, 11) is 0. The Morgan fingerprint density at radius 2 is 1.57 bits per heavy atom. The topological polar surface area (TPSA) is 50.6 Å². The van der Waals surface area contributed by atoms with E-state index < -0.39 is 11.7 Å². The van der Waals surface area contributed by atoms with Crippen LogP contribution in [0, 0.1) is 0 Å². The zero-order chi connectivity index (χ0) is 19.7. The summed E-state index contributed by atoms with van der Waals surface area (Å²) in [5.41, 5.74) is 2.92. The van der Waals surface area contributed by atoms with Gasteiger partial charge in [0.15, 0.2) is 0 Å². The van der Waals surface area contributed by atoms with E-state index in [4.69, 9.17) is 23.2 Å². The zero-order valence-electron chi connectivity index (χ0n) is 14.5. The molecule has 2 aromatic heterocycles. The molecule has 0 unspecified atom stereocenters. The molecular formula is C22H14Cl2N2O2. The molecule has 2 heterocycles. The van der Waals surface area contributed by atoms with Crippen molar-refractivity contribution in [3.8, 4) is 11.1 Å². The predicted molar refractivity (Wildman–Crippen MR) is 112 cm³/mol. The van der Waals surface area contributed by atoms with Crippen LogP contribution in [0.5, 0.6) is 0 Å². The van der Waals surface area contributed by atoms with Gasteiger partial charge in [0.05, 0.1) is 10.7 Å². The highest BCUT2D eigenvalue weighted by Gasteiger charge is 2.25. The molecule has 6 heteroatoms. The van der Waals surface area contributed by atoms with Crippen molar-refractivity contribution < 1.29 is 9.59 Å². The second kappa shape index (κ2) is 7.50. The van der Waals surface area contributed by atoms with E-state index in [2.05, 4.69) is 5.32 Å². The Hall–Kier alpha value is -3.08. The Kier molecular flexibility index (Phi) is 4.90. The maximum Gasteiger partial charge on any atom is 0.298 e. The Bertz CT molecular complexity index is 1200. The molecule has 4 aromatic rings. The average molecular weight is 409 g/mol. The van der Waals surface area contributed by atoms with Gasteiger partial charge < -0.3 is 9.72 Å². The number of carbonyl (C=O) groups excluding carboxylic acids is 2. The number of Topliss-reactive ketones (excluding diaryl/α,β-unsaturated/α-hetero) is 1. The highest BCUT2D eigenvalue weighted by Crippen LogP contribution is 2.30. The van der Waals surface area contributed by atoms with Crippen LogP contribution in [0.1, 0.15) is 10.5 Å². The van der Waals surface area contributed by atoms with E-state index in [1.165, 1.54) is 0 Å². The number of benzene rings is 2. The fraction of sp³-hybridized carbons (Fsp3) is 0. The number of nitrogens with zero attached hydrogens (tertiary/aromatic N) is 1. The fourth-order valence-corrected chi connectivity index (χ4v) is 3.36. The van der Waals surface area contributed by atoms with Gasteiger partial charge in [-0.1, -0.05) is 53.5 Å². The second-order valence-corrected chi connectivity index (χ2v) is 7.02. The molecule has 1 amide bonds. The standard InChI is InChI=1S/C22H14Cl2N2O2/c23-15-10-8-14(9-11-15)17-13-16-5-3-4-12-26(16)20(17)21(27)22(28)25-19-7-2-1-6-18(19)24/h1-13H,(H,25,28). The van der Waals surface area contributed by atoms with Gasteiger partial charge in [0, 0.05) is 22.3 Å². The van der Waals surface area contributed by atoms with Crippen molar-refractivity contribution in [1.29, 1.82) is 0 Å². The van der Waals surface area contributed by atoms with Gasteiger partial charge in [0.25, 0.3) is 11.7 Å². The zero-order valence-corrected chi connectivity index (χ0v) is 16.0. The van der Waals surface area contributed by atoms with Crippen LogP contribution in [0.4, 0.5) is 5.69 Å². The molecule has 0 aliphatic rings. The summed E-state index contributed by atoms with van der Waals surface area (Å²) in [6.45, 7) is 0. The number of aromatic nitrogens is 1. The Morgan fingerprint density at radius 3 is 2.32 bits per heavy atom. The van der Waals surface area contributed by atoms with Crippen molar-refractivity contribution in [2.75, 3.05) is 5.32 Å². The van der Waals surface area contributed by atoms with Crippen LogP contribution < -0.4 is 5.32 Å². The SMILES string of the molecule is O=C(Nc1ccccc1Cl)C(=O)c1c(-c2ccc(Cl)cc2)cc2ccccn12. The van der Waals surface area contributed by atoms with Gasteiger partial charge in [0.2, 0.25) is 0 Å². The van der Waals surface area contributed by atoms with Crippen LogP contribution >= 0.6 is 23.2 Å². The summed E-state index contributed by atoms with van der Waals surface area (Å²) >= 11 is 12.1. The number of pyridine rings is 1. The Labute approximate surface area is 171 Å². The summed E-state index contributed by atoms with van der Waals surface area (Å²) in [5.74, 6) is -1.41. The Balaban J connectivity index is 1.79. The molecule has 28 heavy (non-hydrogen) atoms. The van der Waals surface area contributed by atoms with Crippen LogP contribution in [-0.2, 0) is 4.79 Å². The number of rotatable bonds is 4. The quantitative estimate of drug-likeness (QED) is 0.346. The van der Waals surface area contributed by atoms with Crippen molar-refractivity contribution in [2.45, 2.75) is 0 Å². The summed E-state index contributed by atoms with van der Waals surface area (Å²) in [5, 5.41) is 3.55. The first kappa shape index (κ1) is 18.3. The molecule has 0 spiro atoms. The van der Waals surface area contributed by atoms with E-state index in [9.17, 15) is 9.59 Å². The number of ketones is 1. The van der Waals surface area contributed by atoms with Crippen LogP contribution in [0.3, 0.4) is 0 Å². The van der Waals surface area contributed by atoms with Crippen LogP contribution in [-0.4, -0.2) is 16.1 Å². The number of amides is 1. The number of anilines is 1. The number of halogens is 2. The first-order valence-electron chi connectivity index (χ1n) is 8.51. The van der Waals surface area contributed by atoms with Crippen molar-refractivity contribution in [1.82, 2.24) is 4.40 Å². The second-order valence-electron chi connectivity index (χ2n) is 6.17. The lowest BCUT2D eigenvalue weighted by molar-refractivity contribution is -0.112. The first-order valence-corrected chi connectivity index (χ1v) is 9.26.